The Morgan fingerprint density at radius 1 is 1.21 bits per heavy atom. The van der Waals surface area contributed by atoms with Crippen LogP contribution in [0.1, 0.15) is 25.2 Å². The number of benzene rings is 1. The largest absolute Gasteiger partial charge is 0.361 e. The topological polar surface area (TPSA) is 72.4 Å². The number of nitrogens with zero attached hydrogens (tertiary/aromatic N) is 5. The first-order chi connectivity index (χ1) is 14.3. The molecule has 7 nitrogen and oxygen atoms in total. The summed E-state index contributed by atoms with van der Waals surface area (Å²) in [7, 11) is 0. The van der Waals surface area contributed by atoms with Gasteiger partial charge in [-0.1, -0.05) is 25.1 Å². The molecule has 0 aliphatic carbocycles. The summed E-state index contributed by atoms with van der Waals surface area (Å²) in [4.78, 5) is 17.6. The Bertz CT molecular complexity index is 953. The number of anilines is 1. The molecular formula is C21H29N7S. The highest BCUT2D eigenvalue weighted by Gasteiger charge is 2.22. The summed E-state index contributed by atoms with van der Waals surface area (Å²) < 4.78 is 4.42. The Morgan fingerprint density at radius 3 is 2.79 bits per heavy atom. The average Bonchev–Trinajstić information content (AvgIpc) is 3.41. The van der Waals surface area contributed by atoms with Gasteiger partial charge >= 0.3 is 0 Å². The van der Waals surface area contributed by atoms with E-state index in [0.29, 0.717) is 0 Å². The highest BCUT2D eigenvalue weighted by atomic mass is 32.1. The van der Waals surface area contributed by atoms with Gasteiger partial charge in [-0.25, -0.2) is 4.98 Å². The van der Waals surface area contributed by atoms with E-state index in [9.17, 15) is 0 Å². The van der Waals surface area contributed by atoms with Crippen LogP contribution >= 0.6 is 11.5 Å². The fourth-order valence-corrected chi connectivity index (χ4v) is 4.47. The molecule has 8 heteroatoms. The average molecular weight is 412 g/mol. The third kappa shape index (κ3) is 4.53. The van der Waals surface area contributed by atoms with Gasteiger partial charge in [-0.15, -0.1) is 0 Å². The summed E-state index contributed by atoms with van der Waals surface area (Å²) in [6.45, 7) is 9.66. The summed E-state index contributed by atoms with van der Waals surface area (Å²) in [5.41, 5.74) is 2.52. The Kier molecular flexibility index (Phi) is 6.29. The number of rotatable bonds is 6. The van der Waals surface area contributed by atoms with Gasteiger partial charge in [0.1, 0.15) is 5.82 Å². The maximum atomic E-state index is 4.91. The smallest absolute Gasteiger partial charge is 0.205 e. The molecule has 1 aliphatic rings. The lowest BCUT2D eigenvalue weighted by molar-refractivity contribution is 0.372. The number of aromatic nitrogens is 3. The number of H-pyrrole nitrogens is 1. The molecular weight excluding hydrogens is 382 g/mol. The summed E-state index contributed by atoms with van der Waals surface area (Å²) in [5, 5.41) is 5.80. The zero-order valence-corrected chi connectivity index (χ0v) is 18.0. The van der Waals surface area contributed by atoms with Crippen molar-refractivity contribution < 1.29 is 0 Å². The molecule has 2 N–H and O–H groups in total. The lowest BCUT2D eigenvalue weighted by atomic mass is 10.1. The van der Waals surface area contributed by atoms with Crippen LogP contribution in [0.5, 0.6) is 0 Å². The molecule has 0 saturated carbocycles. The quantitative estimate of drug-likeness (QED) is 0.482. The molecule has 1 aromatic carbocycles. The van der Waals surface area contributed by atoms with Gasteiger partial charge in [0, 0.05) is 74.3 Å². The summed E-state index contributed by atoms with van der Waals surface area (Å²) >= 11 is 1.51. The highest BCUT2D eigenvalue weighted by Crippen LogP contribution is 2.20. The standard InChI is InChI=1S/C21H29N7S/c1-3-19-25-21(29-26-19)28-13-11-27(12-14-28)20(22-4-2)23-10-9-16-15-24-18-8-6-5-7-17(16)18/h5-8,15,24H,3-4,9-14H2,1-2H3,(H,22,23). The number of hydrogen-bond acceptors (Lipinski definition) is 5. The lowest BCUT2D eigenvalue weighted by Gasteiger charge is -2.36. The van der Waals surface area contributed by atoms with Crippen molar-refractivity contribution in [2.24, 2.45) is 4.99 Å². The molecule has 0 atom stereocenters. The highest BCUT2D eigenvalue weighted by molar-refractivity contribution is 7.09. The van der Waals surface area contributed by atoms with Crippen LogP contribution in [0.25, 0.3) is 10.9 Å². The van der Waals surface area contributed by atoms with Crippen LogP contribution in [0.15, 0.2) is 35.5 Å². The van der Waals surface area contributed by atoms with Gasteiger partial charge in [-0.3, -0.25) is 4.99 Å². The number of para-hydroxylation sites is 1. The van der Waals surface area contributed by atoms with Crippen LogP contribution in [0.2, 0.25) is 0 Å². The molecule has 29 heavy (non-hydrogen) atoms. The maximum absolute atomic E-state index is 4.91. The Morgan fingerprint density at radius 2 is 2.03 bits per heavy atom. The van der Waals surface area contributed by atoms with Crippen LogP contribution < -0.4 is 10.2 Å². The van der Waals surface area contributed by atoms with E-state index in [4.69, 9.17) is 4.99 Å². The molecule has 0 amide bonds. The van der Waals surface area contributed by atoms with Crippen molar-refractivity contribution in [3.63, 3.8) is 0 Å². The van der Waals surface area contributed by atoms with Crippen molar-refractivity contribution in [3.8, 4) is 0 Å². The van der Waals surface area contributed by atoms with Crippen molar-refractivity contribution in [1.82, 2.24) is 24.6 Å². The molecule has 4 rings (SSSR count). The van der Waals surface area contributed by atoms with E-state index in [1.165, 1.54) is 28.0 Å². The number of nitrogens with one attached hydrogen (secondary N) is 2. The van der Waals surface area contributed by atoms with Gasteiger partial charge in [0.15, 0.2) is 5.96 Å². The van der Waals surface area contributed by atoms with Crippen LogP contribution in [-0.2, 0) is 12.8 Å². The van der Waals surface area contributed by atoms with Crippen molar-refractivity contribution in [2.45, 2.75) is 26.7 Å². The van der Waals surface area contributed by atoms with Gasteiger partial charge in [-0.05, 0) is 25.0 Å². The fraction of sp³-hybridized carbons (Fsp3) is 0.476. The SMILES string of the molecule is CCNC(=NCCc1c[nH]c2ccccc12)N1CCN(c2nc(CC)ns2)CC1. The molecule has 0 bridgehead atoms. The summed E-state index contributed by atoms with van der Waals surface area (Å²) in [5.74, 6) is 1.96. The first-order valence-electron chi connectivity index (χ1n) is 10.4. The molecule has 0 radical (unpaired) electrons. The predicted molar refractivity (Wildman–Crippen MR) is 121 cm³/mol. The van der Waals surface area contributed by atoms with Crippen LogP contribution in [0, 0.1) is 0 Å². The molecule has 1 saturated heterocycles. The Hall–Kier alpha value is -2.61. The van der Waals surface area contributed by atoms with Crippen molar-refractivity contribution >= 4 is 33.5 Å². The Balaban J connectivity index is 1.36. The second kappa shape index (κ2) is 9.26. The molecule has 1 fully saturated rings. The zero-order valence-electron chi connectivity index (χ0n) is 17.2. The number of fused-ring (bicyclic) bond motifs is 1. The number of aromatic amines is 1. The Labute approximate surface area is 176 Å². The molecule has 154 valence electrons. The van der Waals surface area contributed by atoms with E-state index in [0.717, 1.165) is 69.0 Å². The second-order valence-corrected chi connectivity index (χ2v) is 7.90. The van der Waals surface area contributed by atoms with Crippen molar-refractivity contribution in [2.75, 3.05) is 44.2 Å². The lowest BCUT2D eigenvalue weighted by Crippen LogP contribution is -2.52. The van der Waals surface area contributed by atoms with Crippen molar-refractivity contribution in [3.05, 3.63) is 41.9 Å². The molecule has 1 aliphatic heterocycles. The molecule has 3 aromatic rings. The van der Waals surface area contributed by atoms with Gasteiger partial charge in [-0.2, -0.15) is 4.37 Å². The van der Waals surface area contributed by atoms with E-state index in [1.807, 2.05) is 0 Å². The molecule has 0 spiro atoms. The number of aliphatic imine (C=N–C) groups is 1. The van der Waals surface area contributed by atoms with E-state index >= 15 is 0 Å². The van der Waals surface area contributed by atoms with E-state index in [-0.39, 0.29) is 0 Å². The number of guanidine groups is 1. The maximum Gasteiger partial charge on any atom is 0.205 e. The molecule has 2 aromatic heterocycles. The van der Waals surface area contributed by atoms with E-state index < -0.39 is 0 Å². The minimum atomic E-state index is 0.778. The predicted octanol–water partition coefficient (Wildman–Crippen LogP) is 2.91. The number of aryl methyl sites for hydroxylation is 1. The van der Waals surface area contributed by atoms with Gasteiger partial charge in [0.2, 0.25) is 5.13 Å². The third-order valence-electron chi connectivity index (χ3n) is 5.28. The number of hydrogen-bond donors (Lipinski definition) is 2. The van der Waals surface area contributed by atoms with Gasteiger partial charge < -0.3 is 20.1 Å². The van der Waals surface area contributed by atoms with Crippen LogP contribution in [0.3, 0.4) is 0 Å². The molecule has 3 heterocycles. The zero-order chi connectivity index (χ0) is 20.1. The summed E-state index contributed by atoms with van der Waals surface area (Å²) in [6.07, 6.45) is 3.94. The fourth-order valence-electron chi connectivity index (χ4n) is 3.67. The minimum absolute atomic E-state index is 0.778. The van der Waals surface area contributed by atoms with Crippen molar-refractivity contribution in [1.29, 1.82) is 0 Å². The monoisotopic (exact) mass is 411 g/mol. The molecule has 0 unspecified atom stereocenters. The van der Waals surface area contributed by atoms with Gasteiger partial charge in [0.25, 0.3) is 0 Å². The third-order valence-corrected chi connectivity index (χ3v) is 6.09. The van der Waals surface area contributed by atoms with E-state index in [2.05, 4.69) is 73.8 Å². The first kappa shape index (κ1) is 19.7. The normalized spacial score (nSPS) is 15.3. The minimum Gasteiger partial charge on any atom is -0.361 e. The first-order valence-corrected chi connectivity index (χ1v) is 11.2. The van der Waals surface area contributed by atoms with Crippen LogP contribution in [-0.4, -0.2) is 64.5 Å². The summed E-state index contributed by atoms with van der Waals surface area (Å²) in [6, 6.07) is 8.45. The van der Waals surface area contributed by atoms with Gasteiger partial charge in [0.05, 0.1) is 0 Å². The second-order valence-electron chi connectivity index (χ2n) is 7.17. The number of piperazine rings is 1. The van der Waals surface area contributed by atoms with Crippen LogP contribution in [0.4, 0.5) is 5.13 Å². The van der Waals surface area contributed by atoms with E-state index in [1.54, 1.807) is 0 Å².